The summed E-state index contributed by atoms with van der Waals surface area (Å²) in [5, 5.41) is 3.28. The maximum atomic E-state index is 11.3. The van der Waals surface area contributed by atoms with Gasteiger partial charge in [-0.05, 0) is 36.4 Å². The van der Waals surface area contributed by atoms with E-state index in [0.717, 1.165) is 17.0 Å². The Bertz CT molecular complexity index is 730. The number of rotatable bonds is 4. The van der Waals surface area contributed by atoms with Crippen LogP contribution in [0.4, 0.5) is 5.69 Å². The van der Waals surface area contributed by atoms with Crippen LogP contribution < -0.4 is 5.32 Å². The van der Waals surface area contributed by atoms with E-state index in [-0.39, 0.29) is 5.97 Å². The summed E-state index contributed by atoms with van der Waals surface area (Å²) in [4.78, 5) is 15.9. The summed E-state index contributed by atoms with van der Waals surface area (Å²) in [6, 6.07) is 13.1. The van der Waals surface area contributed by atoms with Gasteiger partial charge in [0.25, 0.3) is 0 Å². The minimum atomic E-state index is -0.332. The van der Waals surface area contributed by atoms with Gasteiger partial charge in [0.2, 0.25) is 0 Å². The highest BCUT2D eigenvalue weighted by molar-refractivity contribution is 5.89. The van der Waals surface area contributed by atoms with Gasteiger partial charge < -0.3 is 14.5 Å². The Labute approximate surface area is 122 Å². The Morgan fingerprint density at radius 2 is 2.05 bits per heavy atom. The number of pyridine rings is 1. The van der Waals surface area contributed by atoms with Gasteiger partial charge in [0.1, 0.15) is 5.65 Å². The maximum absolute atomic E-state index is 11.3. The molecule has 5 nitrogen and oxygen atoms in total. The predicted octanol–water partition coefficient (Wildman–Crippen LogP) is 2.73. The van der Waals surface area contributed by atoms with Crippen LogP contribution >= 0.6 is 0 Å². The summed E-state index contributed by atoms with van der Waals surface area (Å²) in [7, 11) is 1.37. The molecule has 5 heteroatoms. The zero-order valence-corrected chi connectivity index (χ0v) is 11.6. The molecule has 2 aromatic heterocycles. The Balaban J connectivity index is 1.68. The van der Waals surface area contributed by atoms with Crippen LogP contribution in [0.2, 0.25) is 0 Å². The molecule has 1 N–H and O–H groups in total. The summed E-state index contributed by atoms with van der Waals surface area (Å²) in [6.45, 7) is 0.624. The Kier molecular flexibility index (Phi) is 3.55. The molecule has 0 atom stereocenters. The lowest BCUT2D eigenvalue weighted by atomic mass is 10.2. The van der Waals surface area contributed by atoms with Crippen LogP contribution in [0.5, 0.6) is 0 Å². The van der Waals surface area contributed by atoms with Crippen LogP contribution in [0.25, 0.3) is 5.65 Å². The first-order chi connectivity index (χ1) is 10.3. The lowest BCUT2D eigenvalue weighted by molar-refractivity contribution is 0.0601. The summed E-state index contributed by atoms with van der Waals surface area (Å²) in [5.41, 5.74) is 3.35. The number of carbonyl (C=O) groups is 1. The first-order valence-corrected chi connectivity index (χ1v) is 6.61. The van der Waals surface area contributed by atoms with Crippen molar-refractivity contribution in [3.05, 3.63) is 66.1 Å². The van der Waals surface area contributed by atoms with Crippen LogP contribution in [0.3, 0.4) is 0 Å². The first kappa shape index (κ1) is 13.2. The molecular weight excluding hydrogens is 266 g/mol. The van der Waals surface area contributed by atoms with Gasteiger partial charge in [0, 0.05) is 18.1 Å². The molecule has 0 amide bonds. The highest BCUT2D eigenvalue weighted by Gasteiger charge is 2.05. The average Bonchev–Trinajstić information content (AvgIpc) is 2.95. The van der Waals surface area contributed by atoms with Crippen molar-refractivity contribution in [1.29, 1.82) is 0 Å². The topological polar surface area (TPSA) is 55.6 Å². The molecule has 3 aromatic rings. The van der Waals surface area contributed by atoms with E-state index in [9.17, 15) is 4.79 Å². The van der Waals surface area contributed by atoms with Gasteiger partial charge >= 0.3 is 5.97 Å². The zero-order chi connectivity index (χ0) is 14.7. The van der Waals surface area contributed by atoms with Crippen molar-refractivity contribution in [2.24, 2.45) is 0 Å². The van der Waals surface area contributed by atoms with E-state index in [1.807, 2.05) is 47.1 Å². The second-order valence-corrected chi connectivity index (χ2v) is 4.62. The van der Waals surface area contributed by atoms with Crippen molar-refractivity contribution in [2.45, 2.75) is 6.54 Å². The zero-order valence-electron chi connectivity index (χ0n) is 11.6. The molecule has 0 saturated heterocycles. The molecular formula is C16H15N3O2. The van der Waals surface area contributed by atoms with Gasteiger partial charge in [-0.1, -0.05) is 6.07 Å². The third-order valence-corrected chi connectivity index (χ3v) is 3.19. The normalized spacial score (nSPS) is 10.5. The predicted molar refractivity (Wildman–Crippen MR) is 80.3 cm³/mol. The number of hydrogen-bond donors (Lipinski definition) is 1. The number of benzene rings is 1. The van der Waals surface area contributed by atoms with Crippen molar-refractivity contribution in [3.8, 4) is 0 Å². The molecule has 3 rings (SSSR count). The third kappa shape index (κ3) is 2.86. The number of nitrogens with one attached hydrogen (secondary N) is 1. The number of imidazole rings is 1. The standard InChI is InChI=1S/C16H15N3O2/c1-21-16(20)12-5-7-13(8-6-12)17-10-14-11-19-9-3-2-4-15(19)18-14/h2-9,11,17H,10H2,1H3. The molecule has 0 bridgehead atoms. The molecule has 1 aromatic carbocycles. The molecule has 106 valence electrons. The molecule has 0 saturated carbocycles. The van der Waals surface area contributed by atoms with E-state index in [4.69, 9.17) is 0 Å². The summed E-state index contributed by atoms with van der Waals surface area (Å²) in [6.07, 6.45) is 3.96. The molecule has 0 aliphatic carbocycles. The number of carbonyl (C=O) groups excluding carboxylic acids is 1. The van der Waals surface area contributed by atoms with Crippen molar-refractivity contribution < 1.29 is 9.53 Å². The monoisotopic (exact) mass is 281 g/mol. The molecule has 0 spiro atoms. The van der Waals surface area contributed by atoms with Crippen LogP contribution in [0.15, 0.2) is 54.9 Å². The number of fused-ring (bicyclic) bond motifs is 1. The fourth-order valence-corrected chi connectivity index (χ4v) is 2.11. The summed E-state index contributed by atoms with van der Waals surface area (Å²) in [5.74, 6) is -0.332. The van der Waals surface area contributed by atoms with E-state index in [2.05, 4.69) is 15.0 Å². The van der Waals surface area contributed by atoms with Gasteiger partial charge in [0.05, 0.1) is 24.9 Å². The number of anilines is 1. The van der Waals surface area contributed by atoms with E-state index >= 15 is 0 Å². The van der Waals surface area contributed by atoms with Gasteiger partial charge in [0.15, 0.2) is 0 Å². The average molecular weight is 281 g/mol. The number of esters is 1. The Morgan fingerprint density at radius 3 is 2.76 bits per heavy atom. The van der Waals surface area contributed by atoms with Gasteiger partial charge in [-0.15, -0.1) is 0 Å². The second kappa shape index (κ2) is 5.66. The summed E-state index contributed by atoms with van der Waals surface area (Å²) >= 11 is 0. The Hall–Kier alpha value is -2.82. The van der Waals surface area contributed by atoms with Crippen LogP contribution in [0.1, 0.15) is 16.1 Å². The smallest absolute Gasteiger partial charge is 0.337 e. The molecule has 0 aliphatic heterocycles. The van der Waals surface area contributed by atoms with Crippen LogP contribution in [-0.4, -0.2) is 22.5 Å². The lowest BCUT2D eigenvalue weighted by Crippen LogP contribution is -2.02. The van der Waals surface area contributed by atoms with E-state index in [1.165, 1.54) is 7.11 Å². The maximum Gasteiger partial charge on any atom is 0.337 e. The highest BCUT2D eigenvalue weighted by atomic mass is 16.5. The molecule has 0 radical (unpaired) electrons. The van der Waals surface area contributed by atoms with Gasteiger partial charge in [-0.3, -0.25) is 0 Å². The Morgan fingerprint density at radius 1 is 1.24 bits per heavy atom. The van der Waals surface area contributed by atoms with Crippen LogP contribution in [0, 0.1) is 0 Å². The fourth-order valence-electron chi connectivity index (χ4n) is 2.11. The largest absolute Gasteiger partial charge is 0.465 e. The first-order valence-electron chi connectivity index (χ1n) is 6.61. The quantitative estimate of drug-likeness (QED) is 0.747. The molecule has 0 aliphatic rings. The van der Waals surface area contributed by atoms with Crippen LogP contribution in [-0.2, 0) is 11.3 Å². The molecule has 21 heavy (non-hydrogen) atoms. The molecule has 0 fully saturated rings. The number of hydrogen-bond acceptors (Lipinski definition) is 4. The van der Waals surface area contributed by atoms with Gasteiger partial charge in [-0.25, -0.2) is 9.78 Å². The third-order valence-electron chi connectivity index (χ3n) is 3.19. The highest BCUT2D eigenvalue weighted by Crippen LogP contribution is 2.12. The van der Waals surface area contributed by atoms with E-state index < -0.39 is 0 Å². The number of nitrogens with zero attached hydrogens (tertiary/aromatic N) is 2. The minimum absolute atomic E-state index is 0.332. The van der Waals surface area contributed by atoms with Crippen molar-refractivity contribution >= 4 is 17.3 Å². The fraction of sp³-hybridized carbons (Fsp3) is 0.125. The minimum Gasteiger partial charge on any atom is -0.465 e. The lowest BCUT2D eigenvalue weighted by Gasteiger charge is -2.05. The van der Waals surface area contributed by atoms with E-state index in [0.29, 0.717) is 12.1 Å². The van der Waals surface area contributed by atoms with Crippen molar-refractivity contribution in [1.82, 2.24) is 9.38 Å². The van der Waals surface area contributed by atoms with E-state index in [1.54, 1.807) is 12.1 Å². The number of methoxy groups -OCH3 is 1. The number of ether oxygens (including phenoxy) is 1. The molecule has 2 heterocycles. The SMILES string of the molecule is COC(=O)c1ccc(NCc2cn3ccccc3n2)cc1. The van der Waals surface area contributed by atoms with Gasteiger partial charge in [-0.2, -0.15) is 0 Å². The molecule has 0 unspecified atom stereocenters. The second-order valence-electron chi connectivity index (χ2n) is 4.62. The van der Waals surface area contributed by atoms with Crippen molar-refractivity contribution in [3.63, 3.8) is 0 Å². The number of aromatic nitrogens is 2. The van der Waals surface area contributed by atoms with Crippen molar-refractivity contribution in [2.75, 3.05) is 12.4 Å². The summed E-state index contributed by atoms with van der Waals surface area (Å²) < 4.78 is 6.65.